The zero-order valence-electron chi connectivity index (χ0n) is 40.8. The maximum Gasteiger partial charge on any atom is 0.306 e. The summed E-state index contributed by atoms with van der Waals surface area (Å²) < 4.78 is 16.7. The summed E-state index contributed by atoms with van der Waals surface area (Å²) in [7, 11) is 0. The molecular formula is C57H94O6. The molecule has 6 heteroatoms. The molecule has 63 heavy (non-hydrogen) atoms. The fourth-order valence-corrected chi connectivity index (χ4v) is 6.68. The smallest absolute Gasteiger partial charge is 0.306 e. The highest BCUT2D eigenvalue weighted by atomic mass is 16.6. The van der Waals surface area contributed by atoms with Crippen molar-refractivity contribution in [1.29, 1.82) is 0 Å². The highest BCUT2D eigenvalue weighted by molar-refractivity contribution is 5.71. The lowest BCUT2D eigenvalue weighted by Crippen LogP contribution is -2.30. The number of carbonyl (C=O) groups is 3. The van der Waals surface area contributed by atoms with Gasteiger partial charge in [-0.1, -0.05) is 201 Å². The molecule has 6 nitrogen and oxygen atoms in total. The number of allylic oxidation sites excluding steroid dienone is 16. The fourth-order valence-electron chi connectivity index (χ4n) is 6.68. The second-order valence-corrected chi connectivity index (χ2v) is 16.7. The van der Waals surface area contributed by atoms with Crippen molar-refractivity contribution in [2.75, 3.05) is 13.2 Å². The van der Waals surface area contributed by atoms with Gasteiger partial charge in [-0.3, -0.25) is 14.4 Å². The monoisotopic (exact) mass is 875 g/mol. The van der Waals surface area contributed by atoms with Gasteiger partial charge in [0.05, 0.1) is 0 Å². The lowest BCUT2D eigenvalue weighted by molar-refractivity contribution is -0.166. The quantitative estimate of drug-likeness (QED) is 0.0262. The highest BCUT2D eigenvalue weighted by Gasteiger charge is 2.19. The van der Waals surface area contributed by atoms with Gasteiger partial charge in [0.15, 0.2) is 6.10 Å². The number of hydrogen-bond acceptors (Lipinski definition) is 6. The van der Waals surface area contributed by atoms with Gasteiger partial charge < -0.3 is 14.2 Å². The lowest BCUT2D eigenvalue weighted by atomic mass is 10.1. The summed E-state index contributed by atoms with van der Waals surface area (Å²) in [6, 6.07) is 0. The molecule has 0 rings (SSSR count). The first kappa shape index (κ1) is 59.3. The van der Waals surface area contributed by atoms with Crippen LogP contribution in [0.4, 0.5) is 0 Å². The van der Waals surface area contributed by atoms with Crippen LogP contribution < -0.4 is 0 Å². The van der Waals surface area contributed by atoms with E-state index in [1.807, 2.05) is 12.2 Å². The summed E-state index contributed by atoms with van der Waals surface area (Å²) in [6.07, 6.45) is 66.9. The van der Waals surface area contributed by atoms with Crippen molar-refractivity contribution < 1.29 is 28.6 Å². The van der Waals surface area contributed by atoms with Crippen LogP contribution in [-0.2, 0) is 28.6 Å². The molecule has 0 fully saturated rings. The lowest BCUT2D eigenvalue weighted by Gasteiger charge is -2.18. The molecule has 0 aliphatic rings. The predicted molar refractivity (Wildman–Crippen MR) is 270 cm³/mol. The Balaban J connectivity index is 4.52. The molecule has 0 N–H and O–H groups in total. The summed E-state index contributed by atoms with van der Waals surface area (Å²) in [6.45, 7) is 6.39. The average Bonchev–Trinajstić information content (AvgIpc) is 3.28. The number of carbonyl (C=O) groups excluding carboxylic acids is 3. The Morgan fingerprint density at radius 3 is 1.08 bits per heavy atom. The van der Waals surface area contributed by atoms with Crippen molar-refractivity contribution in [1.82, 2.24) is 0 Å². The van der Waals surface area contributed by atoms with Gasteiger partial charge in [0.2, 0.25) is 0 Å². The van der Waals surface area contributed by atoms with Crippen LogP contribution in [0.25, 0.3) is 0 Å². The van der Waals surface area contributed by atoms with E-state index >= 15 is 0 Å². The van der Waals surface area contributed by atoms with Crippen molar-refractivity contribution in [2.45, 2.75) is 232 Å². The van der Waals surface area contributed by atoms with Crippen LogP contribution in [0, 0.1) is 0 Å². The maximum atomic E-state index is 12.8. The molecule has 0 aliphatic carbocycles. The summed E-state index contributed by atoms with van der Waals surface area (Å²) >= 11 is 0. The first-order valence-corrected chi connectivity index (χ1v) is 25.7. The van der Waals surface area contributed by atoms with Gasteiger partial charge >= 0.3 is 17.9 Å². The van der Waals surface area contributed by atoms with Crippen LogP contribution in [0.3, 0.4) is 0 Å². The first-order chi connectivity index (χ1) is 31.0. The van der Waals surface area contributed by atoms with E-state index in [0.717, 1.165) is 103 Å². The maximum absolute atomic E-state index is 12.8. The van der Waals surface area contributed by atoms with Gasteiger partial charge in [0, 0.05) is 19.3 Å². The molecule has 358 valence electrons. The predicted octanol–water partition coefficient (Wildman–Crippen LogP) is 17.0. The number of unbranched alkanes of at least 4 members (excludes halogenated alkanes) is 18. The standard InChI is InChI=1S/C57H94O6/c1-4-7-10-13-16-19-22-24-26-27-28-29-31-33-36-39-42-45-48-51-57(60)63-54(52-61-55(58)49-46-43-40-37-34-21-18-15-12-9-6-3)53-62-56(59)50-47-44-41-38-35-32-30-25-23-20-17-14-11-8-5-2/h7,10,15-16,18-19,24-26,28-30,33,36,42,45,54H,4-6,8-9,11-14,17,20-23,27,31-32,34-35,37-41,43-44,46-53H2,1-3H3/b10-7-,18-15-,19-16-,26-24-,29-28-,30-25-,36-33-,45-42-/t54-/m0/s1. The molecule has 0 aromatic carbocycles. The van der Waals surface area contributed by atoms with E-state index in [0.29, 0.717) is 19.3 Å². The van der Waals surface area contributed by atoms with Crippen LogP contribution in [0.5, 0.6) is 0 Å². The van der Waals surface area contributed by atoms with E-state index < -0.39 is 12.1 Å². The third-order valence-electron chi connectivity index (χ3n) is 10.6. The second-order valence-electron chi connectivity index (χ2n) is 16.7. The average molecular weight is 875 g/mol. The molecule has 0 unspecified atom stereocenters. The van der Waals surface area contributed by atoms with Crippen LogP contribution in [0.2, 0.25) is 0 Å². The zero-order valence-corrected chi connectivity index (χ0v) is 40.8. The molecular weight excluding hydrogens is 781 g/mol. The normalized spacial score (nSPS) is 12.9. The van der Waals surface area contributed by atoms with E-state index in [1.165, 1.54) is 77.0 Å². The molecule has 0 saturated heterocycles. The van der Waals surface area contributed by atoms with E-state index in [9.17, 15) is 14.4 Å². The second kappa shape index (κ2) is 51.0. The molecule has 0 heterocycles. The Labute approximate surface area is 387 Å². The van der Waals surface area contributed by atoms with E-state index in [4.69, 9.17) is 14.2 Å². The minimum atomic E-state index is -0.824. The van der Waals surface area contributed by atoms with Crippen LogP contribution in [0.15, 0.2) is 97.2 Å². The SMILES string of the molecule is CC/C=C\C/C=C\C/C=C\C/C=C\C/C=C\C/C=C\CCC(=O)O[C@@H](COC(=O)CCCCCCC/C=C\CCCC)COC(=O)CCCCCCC/C=C\CCCCCCCC. The van der Waals surface area contributed by atoms with Crippen molar-refractivity contribution in [3.05, 3.63) is 97.2 Å². The zero-order chi connectivity index (χ0) is 45.8. The molecule has 0 aromatic heterocycles. The summed E-state index contributed by atoms with van der Waals surface area (Å²) in [5, 5.41) is 0. The molecule has 0 aliphatic heterocycles. The molecule has 0 saturated carbocycles. The number of esters is 3. The summed E-state index contributed by atoms with van der Waals surface area (Å²) in [4.78, 5) is 37.9. The van der Waals surface area contributed by atoms with Crippen molar-refractivity contribution in [3.63, 3.8) is 0 Å². The Kier molecular flexibility index (Phi) is 48.0. The number of ether oxygens (including phenoxy) is 3. The van der Waals surface area contributed by atoms with Gasteiger partial charge in [0.25, 0.3) is 0 Å². The van der Waals surface area contributed by atoms with E-state index in [1.54, 1.807) is 0 Å². The van der Waals surface area contributed by atoms with Crippen molar-refractivity contribution in [2.24, 2.45) is 0 Å². The van der Waals surface area contributed by atoms with Crippen LogP contribution >= 0.6 is 0 Å². The molecule has 0 radical (unpaired) electrons. The van der Waals surface area contributed by atoms with Gasteiger partial charge in [-0.05, 0) is 103 Å². The minimum Gasteiger partial charge on any atom is -0.462 e. The molecule has 0 aromatic rings. The Hall–Kier alpha value is -3.67. The Bertz CT molecular complexity index is 1280. The molecule has 0 spiro atoms. The third-order valence-corrected chi connectivity index (χ3v) is 10.6. The highest BCUT2D eigenvalue weighted by Crippen LogP contribution is 2.13. The van der Waals surface area contributed by atoms with Crippen LogP contribution in [0.1, 0.15) is 226 Å². The van der Waals surface area contributed by atoms with Gasteiger partial charge in [0.1, 0.15) is 13.2 Å². The van der Waals surface area contributed by atoms with Crippen molar-refractivity contribution >= 4 is 17.9 Å². The third kappa shape index (κ3) is 49.2. The summed E-state index contributed by atoms with van der Waals surface area (Å²) in [5.74, 6) is -1.02. The van der Waals surface area contributed by atoms with Gasteiger partial charge in [-0.25, -0.2) is 0 Å². The Morgan fingerprint density at radius 1 is 0.333 bits per heavy atom. The van der Waals surface area contributed by atoms with Crippen molar-refractivity contribution in [3.8, 4) is 0 Å². The minimum absolute atomic E-state index is 0.115. The van der Waals surface area contributed by atoms with Crippen LogP contribution in [-0.4, -0.2) is 37.2 Å². The van der Waals surface area contributed by atoms with E-state index in [-0.39, 0.29) is 31.6 Å². The number of rotatable bonds is 45. The van der Waals surface area contributed by atoms with Gasteiger partial charge in [-0.15, -0.1) is 0 Å². The largest absolute Gasteiger partial charge is 0.462 e. The number of hydrogen-bond donors (Lipinski definition) is 0. The molecule has 0 amide bonds. The fraction of sp³-hybridized carbons (Fsp3) is 0.667. The summed E-state index contributed by atoms with van der Waals surface area (Å²) in [5.41, 5.74) is 0. The molecule has 0 bridgehead atoms. The molecule has 1 atom stereocenters. The van der Waals surface area contributed by atoms with Gasteiger partial charge in [-0.2, -0.15) is 0 Å². The topological polar surface area (TPSA) is 78.9 Å². The van der Waals surface area contributed by atoms with E-state index in [2.05, 4.69) is 106 Å². The Morgan fingerprint density at radius 2 is 0.667 bits per heavy atom. The first-order valence-electron chi connectivity index (χ1n) is 25.7.